The van der Waals surface area contributed by atoms with E-state index >= 15 is 0 Å². The first-order valence-electron chi connectivity index (χ1n) is 14.5. The SMILES string of the molecule is O=C1CCN(c2cnc3c(c2)c(C2CC2)cn3C2COC3(CCN(CC4(O)CCNCC4)CC3)OC2)C(=O)N1. The summed E-state index contributed by atoms with van der Waals surface area (Å²) in [6.45, 7) is 5.67. The van der Waals surface area contributed by atoms with E-state index in [9.17, 15) is 14.7 Å². The first-order chi connectivity index (χ1) is 18.9. The molecule has 11 heteroatoms. The van der Waals surface area contributed by atoms with E-state index in [0.717, 1.165) is 82.3 Å². The molecule has 210 valence electrons. The van der Waals surface area contributed by atoms with Crippen LogP contribution in [0.5, 0.6) is 0 Å². The monoisotopic (exact) mass is 538 g/mol. The molecule has 0 atom stereocenters. The Morgan fingerprint density at radius 1 is 1.05 bits per heavy atom. The Morgan fingerprint density at radius 2 is 1.79 bits per heavy atom. The van der Waals surface area contributed by atoms with E-state index in [1.807, 2.05) is 6.07 Å². The molecule has 2 aromatic heterocycles. The zero-order valence-electron chi connectivity index (χ0n) is 22.4. The van der Waals surface area contributed by atoms with Gasteiger partial charge in [-0.2, -0.15) is 0 Å². The fraction of sp³-hybridized carbons (Fsp3) is 0.679. The Labute approximate surface area is 227 Å². The fourth-order valence-corrected chi connectivity index (χ4v) is 6.65. The molecular weight excluding hydrogens is 500 g/mol. The summed E-state index contributed by atoms with van der Waals surface area (Å²) >= 11 is 0. The standard InChI is InChI=1S/C28H38N6O5/c35-24-3-10-33(26(36)31-24)20-13-22-23(19-1-2-19)15-34(25(22)30-14-20)21-16-38-28(39-17-21)6-11-32(12-7-28)18-27(37)4-8-29-9-5-27/h13-15,19,21,29,37H,1-12,16-18H2,(H,31,35,36). The van der Waals surface area contributed by atoms with Gasteiger partial charge in [0.25, 0.3) is 0 Å². The highest BCUT2D eigenvalue weighted by atomic mass is 16.7. The molecule has 4 saturated heterocycles. The highest BCUT2D eigenvalue weighted by Crippen LogP contribution is 2.45. The minimum atomic E-state index is -0.591. The van der Waals surface area contributed by atoms with Crippen LogP contribution in [-0.4, -0.2) is 95.4 Å². The van der Waals surface area contributed by atoms with E-state index in [2.05, 4.69) is 26.3 Å². The third kappa shape index (κ3) is 4.95. The summed E-state index contributed by atoms with van der Waals surface area (Å²) in [6.07, 6.45) is 9.74. The minimum Gasteiger partial charge on any atom is -0.388 e. The van der Waals surface area contributed by atoms with Crippen LogP contribution in [0, 0.1) is 0 Å². The molecule has 3 N–H and O–H groups in total. The number of aliphatic hydroxyl groups is 1. The van der Waals surface area contributed by atoms with E-state index in [1.165, 1.54) is 5.56 Å². The van der Waals surface area contributed by atoms with Gasteiger partial charge in [-0.1, -0.05) is 0 Å². The van der Waals surface area contributed by atoms with Crippen molar-refractivity contribution in [2.45, 2.75) is 68.3 Å². The van der Waals surface area contributed by atoms with Crippen molar-refractivity contribution in [1.82, 2.24) is 25.1 Å². The number of hydrogen-bond acceptors (Lipinski definition) is 8. The topological polar surface area (TPSA) is 121 Å². The normalized spacial score (nSPS) is 26.3. The molecule has 5 fully saturated rings. The second-order valence-corrected chi connectivity index (χ2v) is 12.0. The lowest BCUT2D eigenvalue weighted by molar-refractivity contribution is -0.296. The number of nitrogens with one attached hydrogen (secondary N) is 2. The number of urea groups is 1. The number of piperidine rings is 2. The van der Waals surface area contributed by atoms with E-state index in [-0.39, 0.29) is 18.4 Å². The molecule has 5 aliphatic rings. The molecule has 11 nitrogen and oxygen atoms in total. The quantitative estimate of drug-likeness (QED) is 0.528. The predicted octanol–water partition coefficient (Wildman–Crippen LogP) is 1.85. The van der Waals surface area contributed by atoms with Crippen molar-refractivity contribution in [2.24, 2.45) is 0 Å². The summed E-state index contributed by atoms with van der Waals surface area (Å²) in [5.74, 6) is -0.278. The number of likely N-dealkylation sites (tertiary alicyclic amines) is 1. The number of imide groups is 1. The molecule has 1 spiro atoms. The molecule has 2 aromatic rings. The molecule has 4 aliphatic heterocycles. The number of ether oxygens (including phenoxy) is 2. The summed E-state index contributed by atoms with van der Waals surface area (Å²) in [4.78, 5) is 32.8. The molecular formula is C28H38N6O5. The zero-order chi connectivity index (χ0) is 26.6. The van der Waals surface area contributed by atoms with E-state index in [4.69, 9.17) is 14.5 Å². The van der Waals surface area contributed by atoms with Gasteiger partial charge < -0.3 is 29.4 Å². The van der Waals surface area contributed by atoms with Crippen LogP contribution in [0.15, 0.2) is 18.5 Å². The van der Waals surface area contributed by atoms with E-state index in [1.54, 1.807) is 11.1 Å². The highest BCUT2D eigenvalue weighted by molar-refractivity contribution is 6.06. The van der Waals surface area contributed by atoms with E-state index in [0.29, 0.717) is 31.4 Å². The maximum absolute atomic E-state index is 12.4. The first-order valence-corrected chi connectivity index (χ1v) is 14.5. The van der Waals surface area contributed by atoms with Gasteiger partial charge in [-0.3, -0.25) is 15.0 Å². The van der Waals surface area contributed by atoms with Crippen molar-refractivity contribution in [3.05, 3.63) is 24.0 Å². The number of fused-ring (bicyclic) bond motifs is 1. The van der Waals surface area contributed by atoms with E-state index < -0.39 is 17.4 Å². The Kier molecular flexibility index (Phi) is 6.39. The van der Waals surface area contributed by atoms with Gasteiger partial charge in [-0.25, -0.2) is 9.78 Å². The van der Waals surface area contributed by atoms with Crippen molar-refractivity contribution < 1.29 is 24.2 Å². The van der Waals surface area contributed by atoms with Crippen LogP contribution in [-0.2, 0) is 14.3 Å². The molecule has 39 heavy (non-hydrogen) atoms. The second kappa shape index (κ2) is 9.81. The number of pyridine rings is 1. The van der Waals surface area contributed by atoms with Crippen molar-refractivity contribution in [3.63, 3.8) is 0 Å². The van der Waals surface area contributed by atoms with Crippen LogP contribution < -0.4 is 15.5 Å². The van der Waals surface area contributed by atoms with Crippen LogP contribution in [0.1, 0.15) is 62.5 Å². The third-order valence-electron chi connectivity index (χ3n) is 9.21. The number of hydrogen-bond donors (Lipinski definition) is 3. The lowest BCUT2D eigenvalue weighted by Crippen LogP contribution is -2.56. The summed E-state index contributed by atoms with van der Waals surface area (Å²) in [6, 6.07) is 1.67. The first kappa shape index (κ1) is 25.4. The number of nitrogens with zero attached hydrogens (tertiary/aromatic N) is 4. The number of amides is 3. The van der Waals surface area contributed by atoms with Crippen molar-refractivity contribution in [3.8, 4) is 0 Å². The number of aromatic nitrogens is 2. The van der Waals surface area contributed by atoms with Crippen molar-refractivity contribution in [1.29, 1.82) is 0 Å². The lowest BCUT2D eigenvalue weighted by Gasteiger charge is -2.47. The number of β-amino-alcohol motifs (C(OH)–C–C–N with tert-alkyl or cyclic N) is 1. The van der Waals surface area contributed by atoms with Gasteiger partial charge in [0, 0.05) is 57.0 Å². The molecule has 0 aromatic carbocycles. The zero-order valence-corrected chi connectivity index (χ0v) is 22.4. The number of anilines is 1. The molecule has 6 heterocycles. The molecule has 1 aliphatic carbocycles. The summed E-state index contributed by atoms with van der Waals surface area (Å²) in [5, 5.41) is 17.7. The lowest BCUT2D eigenvalue weighted by atomic mass is 9.90. The molecule has 0 bridgehead atoms. The van der Waals surface area contributed by atoms with Gasteiger partial charge in [0.15, 0.2) is 5.79 Å². The van der Waals surface area contributed by atoms with Crippen LogP contribution in [0.4, 0.5) is 10.5 Å². The van der Waals surface area contributed by atoms with Gasteiger partial charge >= 0.3 is 6.03 Å². The minimum absolute atomic E-state index is 0.0216. The Hall–Kier alpha value is -2.57. The van der Waals surface area contributed by atoms with Gasteiger partial charge in [0.1, 0.15) is 5.65 Å². The Morgan fingerprint density at radius 3 is 2.49 bits per heavy atom. The highest BCUT2D eigenvalue weighted by Gasteiger charge is 2.43. The number of carbonyl (C=O) groups excluding carboxylic acids is 2. The van der Waals surface area contributed by atoms with Crippen LogP contribution in [0.3, 0.4) is 0 Å². The maximum Gasteiger partial charge on any atom is 0.328 e. The van der Waals surface area contributed by atoms with Gasteiger partial charge in [0.2, 0.25) is 5.91 Å². The Bertz CT molecular complexity index is 1250. The second-order valence-electron chi connectivity index (χ2n) is 12.0. The summed E-state index contributed by atoms with van der Waals surface area (Å²) < 4.78 is 15.1. The summed E-state index contributed by atoms with van der Waals surface area (Å²) in [5.41, 5.74) is 2.26. The molecule has 1 saturated carbocycles. The third-order valence-corrected chi connectivity index (χ3v) is 9.21. The van der Waals surface area contributed by atoms with Crippen LogP contribution in [0.2, 0.25) is 0 Å². The number of carbonyl (C=O) groups is 2. The summed E-state index contributed by atoms with van der Waals surface area (Å²) in [7, 11) is 0. The maximum atomic E-state index is 12.4. The molecule has 7 rings (SSSR count). The van der Waals surface area contributed by atoms with Crippen LogP contribution in [0.25, 0.3) is 11.0 Å². The average Bonchev–Trinajstić information content (AvgIpc) is 3.71. The molecule has 0 radical (unpaired) electrons. The molecule has 0 unspecified atom stereocenters. The van der Waals surface area contributed by atoms with Crippen molar-refractivity contribution >= 4 is 28.7 Å². The average molecular weight is 539 g/mol. The van der Waals surface area contributed by atoms with Gasteiger partial charge in [-0.05, 0) is 56.3 Å². The van der Waals surface area contributed by atoms with Crippen LogP contribution >= 0.6 is 0 Å². The van der Waals surface area contributed by atoms with Gasteiger partial charge in [0.05, 0.1) is 36.7 Å². The predicted molar refractivity (Wildman–Crippen MR) is 144 cm³/mol. The van der Waals surface area contributed by atoms with Crippen molar-refractivity contribution in [2.75, 3.05) is 57.4 Å². The Balaban J connectivity index is 1.04. The van der Waals surface area contributed by atoms with Gasteiger partial charge in [-0.15, -0.1) is 0 Å². The molecule has 3 amide bonds. The number of rotatable bonds is 5. The largest absolute Gasteiger partial charge is 0.388 e. The smallest absolute Gasteiger partial charge is 0.328 e. The fourth-order valence-electron chi connectivity index (χ4n) is 6.65.